The number of halogens is 1. The van der Waals surface area contributed by atoms with Crippen molar-refractivity contribution < 1.29 is 4.74 Å². The van der Waals surface area contributed by atoms with Crippen LogP contribution in [0.1, 0.15) is 38.5 Å². The summed E-state index contributed by atoms with van der Waals surface area (Å²) in [4.78, 5) is 0. The topological polar surface area (TPSA) is 21.3 Å². The van der Waals surface area contributed by atoms with Crippen LogP contribution in [0.5, 0.6) is 5.75 Å². The van der Waals surface area contributed by atoms with Crippen molar-refractivity contribution in [2.45, 2.75) is 44.1 Å². The maximum Gasteiger partial charge on any atom is 0.119 e. The first-order chi connectivity index (χ1) is 8.78. The van der Waals surface area contributed by atoms with Crippen molar-refractivity contribution in [1.82, 2.24) is 0 Å². The van der Waals surface area contributed by atoms with E-state index in [1.54, 1.807) is 7.11 Å². The number of nitrogens with one attached hydrogen (secondary N) is 1. The summed E-state index contributed by atoms with van der Waals surface area (Å²) in [7, 11) is 1.70. The lowest BCUT2D eigenvalue weighted by atomic mass is 9.79. The van der Waals surface area contributed by atoms with E-state index in [1.807, 2.05) is 18.2 Å². The van der Waals surface area contributed by atoms with Gasteiger partial charge in [-0.2, -0.15) is 0 Å². The molecule has 0 spiro atoms. The molecule has 1 aliphatic rings. The van der Waals surface area contributed by atoms with Gasteiger partial charge < -0.3 is 10.1 Å². The monoisotopic (exact) mass is 281 g/mol. The van der Waals surface area contributed by atoms with Gasteiger partial charge in [0.2, 0.25) is 0 Å². The second kappa shape index (κ2) is 7.44. The van der Waals surface area contributed by atoms with Gasteiger partial charge in [0.15, 0.2) is 0 Å². The van der Waals surface area contributed by atoms with Gasteiger partial charge in [-0.1, -0.05) is 25.3 Å². The molecule has 1 aromatic rings. The van der Waals surface area contributed by atoms with E-state index in [4.69, 9.17) is 4.74 Å². The van der Waals surface area contributed by atoms with Crippen molar-refractivity contribution in [3.63, 3.8) is 0 Å². The summed E-state index contributed by atoms with van der Waals surface area (Å²) in [5.74, 6) is 0.905. The van der Waals surface area contributed by atoms with Crippen LogP contribution < -0.4 is 10.1 Å². The van der Waals surface area contributed by atoms with Crippen molar-refractivity contribution in [3.05, 3.63) is 36.9 Å². The fraction of sp³-hybridized carbons (Fsp3) is 0.500. The van der Waals surface area contributed by atoms with Crippen LogP contribution in [0.25, 0.3) is 0 Å². The number of benzene rings is 1. The van der Waals surface area contributed by atoms with Crippen LogP contribution in [-0.2, 0) is 0 Å². The number of anilines is 1. The molecule has 2 nitrogen and oxygen atoms in total. The Morgan fingerprint density at radius 1 is 1.21 bits per heavy atom. The molecule has 0 aromatic heterocycles. The highest BCUT2D eigenvalue weighted by Gasteiger charge is 2.30. The van der Waals surface area contributed by atoms with Crippen molar-refractivity contribution in [1.29, 1.82) is 0 Å². The summed E-state index contributed by atoms with van der Waals surface area (Å²) in [6, 6.07) is 8.20. The zero-order chi connectivity index (χ0) is 12.8. The Balaban J connectivity index is 0.00000180. The lowest BCUT2D eigenvalue weighted by molar-refractivity contribution is 0.326. The molecular formula is C16H24ClNO. The molecule has 19 heavy (non-hydrogen) atoms. The molecule has 1 aliphatic carbocycles. The van der Waals surface area contributed by atoms with Crippen LogP contribution in [0.4, 0.5) is 5.69 Å². The third-order valence-electron chi connectivity index (χ3n) is 3.85. The quantitative estimate of drug-likeness (QED) is 0.782. The average molecular weight is 282 g/mol. The normalized spacial score (nSPS) is 17.1. The molecule has 0 amide bonds. The minimum Gasteiger partial charge on any atom is -0.497 e. The van der Waals surface area contributed by atoms with Crippen LogP contribution in [0.3, 0.4) is 0 Å². The van der Waals surface area contributed by atoms with Crippen LogP contribution in [0.2, 0.25) is 0 Å². The minimum absolute atomic E-state index is 0. The predicted molar refractivity (Wildman–Crippen MR) is 84.5 cm³/mol. The van der Waals surface area contributed by atoms with E-state index in [0.717, 1.165) is 12.2 Å². The average Bonchev–Trinajstić information content (AvgIpc) is 2.41. The fourth-order valence-electron chi connectivity index (χ4n) is 2.87. The van der Waals surface area contributed by atoms with Gasteiger partial charge in [0.25, 0.3) is 0 Å². The Labute approximate surface area is 122 Å². The van der Waals surface area contributed by atoms with E-state index in [2.05, 4.69) is 24.0 Å². The van der Waals surface area contributed by atoms with Crippen LogP contribution in [0.15, 0.2) is 36.9 Å². The molecule has 0 unspecified atom stereocenters. The molecule has 0 bridgehead atoms. The summed E-state index contributed by atoms with van der Waals surface area (Å²) >= 11 is 0. The zero-order valence-electron chi connectivity index (χ0n) is 11.7. The van der Waals surface area contributed by atoms with E-state index in [1.165, 1.54) is 37.8 Å². The lowest BCUT2D eigenvalue weighted by Crippen LogP contribution is -2.39. The van der Waals surface area contributed by atoms with Gasteiger partial charge in [-0.15, -0.1) is 19.0 Å². The summed E-state index contributed by atoms with van der Waals surface area (Å²) < 4.78 is 5.19. The number of rotatable bonds is 5. The molecular weight excluding hydrogens is 258 g/mol. The molecule has 1 N–H and O–H groups in total. The Morgan fingerprint density at radius 2 is 1.84 bits per heavy atom. The molecule has 106 valence electrons. The van der Waals surface area contributed by atoms with Gasteiger partial charge in [-0.3, -0.25) is 0 Å². The maximum atomic E-state index is 5.19. The van der Waals surface area contributed by atoms with Crippen LogP contribution in [-0.4, -0.2) is 12.6 Å². The number of methoxy groups -OCH3 is 1. The molecule has 0 aliphatic heterocycles. The minimum atomic E-state index is 0. The second-order valence-corrected chi connectivity index (χ2v) is 5.19. The Morgan fingerprint density at radius 3 is 2.37 bits per heavy atom. The molecule has 0 saturated heterocycles. The first-order valence-corrected chi connectivity index (χ1v) is 6.81. The van der Waals surface area contributed by atoms with Gasteiger partial charge in [0, 0.05) is 11.2 Å². The van der Waals surface area contributed by atoms with Gasteiger partial charge in [-0.05, 0) is 43.5 Å². The third kappa shape index (κ3) is 4.17. The Bertz CT molecular complexity index is 382. The second-order valence-electron chi connectivity index (χ2n) is 5.19. The van der Waals surface area contributed by atoms with E-state index < -0.39 is 0 Å². The number of hydrogen-bond donors (Lipinski definition) is 1. The lowest BCUT2D eigenvalue weighted by Gasteiger charge is -2.38. The fourth-order valence-corrected chi connectivity index (χ4v) is 2.87. The first kappa shape index (κ1) is 15.9. The van der Waals surface area contributed by atoms with Crippen molar-refractivity contribution in [3.8, 4) is 5.75 Å². The van der Waals surface area contributed by atoms with Crippen LogP contribution in [0, 0.1) is 0 Å². The van der Waals surface area contributed by atoms with E-state index >= 15 is 0 Å². The van der Waals surface area contributed by atoms with Gasteiger partial charge in [0.05, 0.1) is 7.11 Å². The summed E-state index contributed by atoms with van der Waals surface area (Å²) in [6.07, 6.45) is 9.56. The van der Waals surface area contributed by atoms with E-state index in [-0.39, 0.29) is 17.9 Å². The molecule has 3 heteroatoms. The molecule has 0 atom stereocenters. The Kier molecular flexibility index (Phi) is 6.23. The highest BCUT2D eigenvalue weighted by molar-refractivity contribution is 5.85. The van der Waals surface area contributed by atoms with Crippen molar-refractivity contribution in [2.24, 2.45) is 0 Å². The van der Waals surface area contributed by atoms with Gasteiger partial charge in [-0.25, -0.2) is 0 Å². The van der Waals surface area contributed by atoms with Crippen molar-refractivity contribution >= 4 is 18.1 Å². The first-order valence-electron chi connectivity index (χ1n) is 6.81. The summed E-state index contributed by atoms with van der Waals surface area (Å²) in [6.45, 7) is 3.91. The number of hydrogen-bond acceptors (Lipinski definition) is 2. The Hall–Kier alpha value is -1.15. The molecule has 1 fully saturated rings. The SMILES string of the molecule is C=CCC1(Nc2ccc(OC)cc2)CCCCC1.Cl. The maximum absolute atomic E-state index is 5.19. The number of ether oxygens (including phenoxy) is 1. The smallest absolute Gasteiger partial charge is 0.119 e. The highest BCUT2D eigenvalue weighted by Crippen LogP contribution is 2.34. The third-order valence-corrected chi connectivity index (χ3v) is 3.85. The molecule has 0 heterocycles. The molecule has 2 rings (SSSR count). The largest absolute Gasteiger partial charge is 0.497 e. The zero-order valence-corrected chi connectivity index (χ0v) is 12.5. The predicted octanol–water partition coefficient (Wildman–Crippen LogP) is 4.81. The molecule has 0 radical (unpaired) electrons. The molecule has 1 aromatic carbocycles. The van der Waals surface area contributed by atoms with E-state index in [0.29, 0.717) is 0 Å². The standard InChI is InChI=1S/C16H23NO.ClH/c1-3-11-16(12-5-4-6-13-16)17-14-7-9-15(18-2)10-8-14;/h3,7-10,17H,1,4-6,11-13H2,2H3;1H. The highest BCUT2D eigenvalue weighted by atomic mass is 35.5. The van der Waals surface area contributed by atoms with Gasteiger partial charge >= 0.3 is 0 Å². The van der Waals surface area contributed by atoms with Gasteiger partial charge in [0.1, 0.15) is 5.75 Å². The van der Waals surface area contributed by atoms with E-state index in [9.17, 15) is 0 Å². The van der Waals surface area contributed by atoms with Crippen LogP contribution >= 0.6 is 12.4 Å². The summed E-state index contributed by atoms with van der Waals surface area (Å²) in [5.41, 5.74) is 1.40. The molecule has 1 saturated carbocycles. The van der Waals surface area contributed by atoms with Crippen molar-refractivity contribution in [2.75, 3.05) is 12.4 Å². The summed E-state index contributed by atoms with van der Waals surface area (Å²) in [5, 5.41) is 3.72.